The summed E-state index contributed by atoms with van der Waals surface area (Å²) in [4.78, 5) is 25.5. The Bertz CT molecular complexity index is 716. The maximum Gasteiger partial charge on any atom is 0.303 e. The number of hydrogen-bond acceptors (Lipinski definition) is 6. The average Bonchev–Trinajstić information content (AvgIpc) is 2.55. The number of aliphatic hydroxyl groups excluding tert-OH is 1. The Hall–Kier alpha value is -1.24. The average molecular weight is 395 g/mol. The van der Waals surface area contributed by atoms with Gasteiger partial charge in [0, 0.05) is 24.7 Å². The van der Waals surface area contributed by atoms with Crippen LogP contribution < -0.4 is 0 Å². The minimum Gasteiger partial charge on any atom is -0.457 e. The van der Waals surface area contributed by atoms with Crippen LogP contribution >= 0.6 is 0 Å². The number of rotatable bonds is 2. The van der Waals surface area contributed by atoms with Crippen molar-refractivity contribution in [2.75, 3.05) is 0 Å². The van der Waals surface area contributed by atoms with E-state index in [0.29, 0.717) is 6.42 Å². The Morgan fingerprint density at radius 2 is 1.86 bits per heavy atom. The van der Waals surface area contributed by atoms with Crippen molar-refractivity contribution in [3.05, 3.63) is 12.7 Å². The highest BCUT2D eigenvalue weighted by Gasteiger charge is 2.79. The van der Waals surface area contributed by atoms with Crippen LogP contribution in [-0.2, 0) is 19.1 Å². The zero-order chi connectivity index (χ0) is 21.3. The van der Waals surface area contributed by atoms with Gasteiger partial charge in [-0.05, 0) is 32.1 Å². The second-order valence-electron chi connectivity index (χ2n) is 10.3. The molecule has 1 saturated heterocycles. The third-order valence-corrected chi connectivity index (χ3v) is 7.87. The number of esters is 1. The molecular formula is C22H34O6. The van der Waals surface area contributed by atoms with Crippen molar-refractivity contribution < 1.29 is 29.3 Å². The van der Waals surface area contributed by atoms with E-state index in [-0.39, 0.29) is 17.6 Å². The van der Waals surface area contributed by atoms with E-state index in [1.165, 1.54) is 13.0 Å². The Labute approximate surface area is 167 Å². The third kappa shape index (κ3) is 2.50. The van der Waals surface area contributed by atoms with E-state index in [1.54, 1.807) is 13.8 Å². The first-order valence-electron chi connectivity index (χ1n) is 10.1. The van der Waals surface area contributed by atoms with Crippen molar-refractivity contribution in [3.8, 4) is 0 Å². The molecule has 6 nitrogen and oxygen atoms in total. The van der Waals surface area contributed by atoms with E-state index < -0.39 is 46.3 Å². The molecule has 1 heterocycles. The molecule has 1 aliphatic heterocycles. The van der Waals surface area contributed by atoms with E-state index >= 15 is 0 Å². The van der Waals surface area contributed by atoms with Crippen LogP contribution in [0, 0.1) is 16.7 Å². The Morgan fingerprint density at radius 3 is 2.39 bits per heavy atom. The maximum atomic E-state index is 13.5. The van der Waals surface area contributed by atoms with Gasteiger partial charge in [0.1, 0.15) is 5.60 Å². The van der Waals surface area contributed by atoms with Crippen molar-refractivity contribution in [2.45, 2.75) is 96.2 Å². The van der Waals surface area contributed by atoms with Gasteiger partial charge in [0.15, 0.2) is 17.5 Å². The lowest BCUT2D eigenvalue weighted by atomic mass is 9.40. The number of ether oxygens (including phenoxy) is 2. The van der Waals surface area contributed by atoms with Crippen LogP contribution in [0.2, 0.25) is 0 Å². The van der Waals surface area contributed by atoms with Crippen LogP contribution in [0.4, 0.5) is 0 Å². The van der Waals surface area contributed by atoms with Crippen LogP contribution in [0.15, 0.2) is 12.7 Å². The van der Waals surface area contributed by atoms with E-state index in [0.717, 1.165) is 12.8 Å². The number of ketones is 1. The topological polar surface area (TPSA) is 93.1 Å². The first-order chi connectivity index (χ1) is 12.7. The quantitative estimate of drug-likeness (QED) is 0.552. The number of aliphatic hydroxyl groups is 2. The van der Waals surface area contributed by atoms with Gasteiger partial charge < -0.3 is 19.7 Å². The summed E-state index contributed by atoms with van der Waals surface area (Å²) in [7, 11) is 0. The van der Waals surface area contributed by atoms with Crippen molar-refractivity contribution in [2.24, 2.45) is 16.7 Å². The molecule has 0 aromatic carbocycles. The standard InChI is InChI=1S/C22H34O6/c1-8-19(5)12-14(24)22(26)20(6)11-9-10-18(3,4)16(20)15(25)17(27-13(2)23)21(22,7)28-19/h8,15-17,25-26H,1,9-12H2,2-7H3/t15-,16-,17+,19-,20-,21+,22-/m0/s1. The molecule has 2 saturated carbocycles. The summed E-state index contributed by atoms with van der Waals surface area (Å²) < 4.78 is 11.9. The summed E-state index contributed by atoms with van der Waals surface area (Å²) in [6.07, 6.45) is 1.53. The number of Topliss-reactive ketones (excluding diaryl/α,β-unsaturated/α-hetero) is 1. The summed E-state index contributed by atoms with van der Waals surface area (Å²) >= 11 is 0. The van der Waals surface area contributed by atoms with Gasteiger partial charge in [-0.1, -0.05) is 33.3 Å². The summed E-state index contributed by atoms with van der Waals surface area (Å²) in [6, 6.07) is 0. The number of fused-ring (bicyclic) bond motifs is 3. The zero-order valence-corrected chi connectivity index (χ0v) is 17.9. The second kappa shape index (κ2) is 6.13. The third-order valence-electron chi connectivity index (χ3n) is 7.87. The predicted molar refractivity (Wildman–Crippen MR) is 103 cm³/mol. The van der Waals surface area contributed by atoms with Gasteiger partial charge in [-0.25, -0.2) is 0 Å². The van der Waals surface area contributed by atoms with Crippen molar-refractivity contribution in [1.82, 2.24) is 0 Å². The molecule has 7 atom stereocenters. The first kappa shape index (κ1) is 21.5. The maximum absolute atomic E-state index is 13.5. The molecule has 0 bridgehead atoms. The van der Waals surface area contributed by atoms with Crippen molar-refractivity contribution in [1.29, 1.82) is 0 Å². The van der Waals surface area contributed by atoms with Gasteiger partial charge in [-0.2, -0.15) is 0 Å². The zero-order valence-electron chi connectivity index (χ0n) is 17.9. The fourth-order valence-electron chi connectivity index (χ4n) is 6.77. The SMILES string of the molecule is C=C[C@@]1(C)CC(=O)[C@]2(O)[C@@]3(C)CCCC(C)(C)[C@@H]3[C@H](O)[C@@H](OC(C)=O)[C@@]2(C)O1. The molecule has 2 aliphatic carbocycles. The molecule has 3 aliphatic rings. The molecule has 0 spiro atoms. The van der Waals surface area contributed by atoms with E-state index in [1.807, 2.05) is 20.8 Å². The predicted octanol–water partition coefficient (Wildman–Crippen LogP) is 2.55. The van der Waals surface area contributed by atoms with Crippen LogP contribution in [0.1, 0.15) is 67.2 Å². The minimum absolute atomic E-state index is 0.0196. The largest absolute Gasteiger partial charge is 0.457 e. The van der Waals surface area contributed by atoms with E-state index in [4.69, 9.17) is 9.47 Å². The fraction of sp³-hybridized carbons (Fsp3) is 0.818. The Kier molecular flexibility index (Phi) is 4.70. The van der Waals surface area contributed by atoms with Gasteiger partial charge in [-0.3, -0.25) is 9.59 Å². The number of carbonyl (C=O) groups excluding carboxylic acids is 2. The van der Waals surface area contributed by atoms with Gasteiger partial charge in [0.25, 0.3) is 0 Å². The Morgan fingerprint density at radius 1 is 1.25 bits per heavy atom. The van der Waals surface area contributed by atoms with Crippen LogP contribution in [0.3, 0.4) is 0 Å². The Balaban J connectivity index is 2.28. The lowest BCUT2D eigenvalue weighted by Crippen LogP contribution is -2.84. The highest BCUT2D eigenvalue weighted by Crippen LogP contribution is 2.66. The summed E-state index contributed by atoms with van der Waals surface area (Å²) in [6.45, 7) is 14.3. The van der Waals surface area contributed by atoms with Crippen LogP contribution in [0.25, 0.3) is 0 Å². The van der Waals surface area contributed by atoms with Crippen LogP contribution in [-0.4, -0.2) is 51.0 Å². The molecule has 0 aromatic heterocycles. The minimum atomic E-state index is -1.90. The molecule has 28 heavy (non-hydrogen) atoms. The number of hydrogen-bond donors (Lipinski definition) is 2. The summed E-state index contributed by atoms with van der Waals surface area (Å²) in [5.41, 5.74) is -5.79. The lowest BCUT2D eigenvalue weighted by molar-refractivity contribution is -0.357. The molecule has 158 valence electrons. The fourth-order valence-corrected chi connectivity index (χ4v) is 6.77. The van der Waals surface area contributed by atoms with Gasteiger partial charge in [0.05, 0.1) is 11.7 Å². The molecular weight excluding hydrogens is 360 g/mol. The highest BCUT2D eigenvalue weighted by molar-refractivity contribution is 5.92. The molecule has 3 rings (SSSR count). The molecule has 0 aromatic rings. The monoisotopic (exact) mass is 394 g/mol. The number of carbonyl (C=O) groups is 2. The van der Waals surface area contributed by atoms with Gasteiger partial charge >= 0.3 is 5.97 Å². The first-order valence-corrected chi connectivity index (χ1v) is 10.1. The second-order valence-corrected chi connectivity index (χ2v) is 10.3. The summed E-state index contributed by atoms with van der Waals surface area (Å²) in [5.74, 6) is -1.37. The molecule has 0 unspecified atom stereocenters. The molecule has 6 heteroatoms. The molecule has 3 fully saturated rings. The van der Waals surface area contributed by atoms with Gasteiger partial charge in [0.2, 0.25) is 0 Å². The summed E-state index contributed by atoms with van der Waals surface area (Å²) in [5, 5.41) is 23.6. The molecule has 0 radical (unpaired) electrons. The highest BCUT2D eigenvalue weighted by atomic mass is 16.6. The van der Waals surface area contributed by atoms with E-state index in [2.05, 4.69) is 6.58 Å². The van der Waals surface area contributed by atoms with Gasteiger partial charge in [-0.15, -0.1) is 6.58 Å². The molecule has 2 N–H and O–H groups in total. The normalized spacial score (nSPS) is 50.3. The lowest BCUT2D eigenvalue weighted by Gasteiger charge is -2.70. The van der Waals surface area contributed by atoms with Crippen LogP contribution in [0.5, 0.6) is 0 Å². The van der Waals surface area contributed by atoms with Crippen molar-refractivity contribution >= 4 is 11.8 Å². The van der Waals surface area contributed by atoms with E-state index in [9.17, 15) is 19.8 Å². The van der Waals surface area contributed by atoms with Crippen molar-refractivity contribution in [3.63, 3.8) is 0 Å². The smallest absolute Gasteiger partial charge is 0.303 e. The molecule has 0 amide bonds.